The lowest BCUT2D eigenvalue weighted by atomic mass is 10.1. The zero-order valence-corrected chi connectivity index (χ0v) is 18.4. The molecule has 33 heavy (non-hydrogen) atoms. The molecule has 0 saturated carbocycles. The smallest absolute Gasteiger partial charge is 0.365 e. The highest BCUT2D eigenvalue weighted by Gasteiger charge is 2.27. The van der Waals surface area contributed by atoms with Gasteiger partial charge in [0.25, 0.3) is 5.91 Å². The summed E-state index contributed by atoms with van der Waals surface area (Å²) in [5.74, 6) is -0.357. The molecule has 2 aromatic carbocycles. The maximum absolute atomic E-state index is 13.6. The van der Waals surface area contributed by atoms with E-state index < -0.39 is 5.97 Å². The van der Waals surface area contributed by atoms with E-state index in [1.807, 2.05) is 24.3 Å². The second kappa shape index (κ2) is 11.1. The molecule has 168 valence electrons. The number of nitrogens with zero attached hydrogens (tertiary/aromatic N) is 2. The molecule has 1 heterocycles. The van der Waals surface area contributed by atoms with Crippen LogP contribution in [0.25, 0.3) is 0 Å². The third kappa shape index (κ3) is 5.86. The van der Waals surface area contributed by atoms with Gasteiger partial charge in [0.2, 0.25) is 5.84 Å². The summed E-state index contributed by atoms with van der Waals surface area (Å²) in [6.07, 6.45) is 8.99. The van der Waals surface area contributed by atoms with E-state index in [9.17, 15) is 9.59 Å². The first kappa shape index (κ1) is 22.3. The maximum Gasteiger partial charge on any atom is 0.365 e. The van der Waals surface area contributed by atoms with Crippen molar-refractivity contribution in [2.45, 2.75) is 32.1 Å². The molecule has 0 unspecified atom stereocenters. The van der Waals surface area contributed by atoms with Gasteiger partial charge < -0.3 is 9.25 Å². The van der Waals surface area contributed by atoms with E-state index >= 15 is 0 Å². The summed E-state index contributed by atoms with van der Waals surface area (Å²) in [6.45, 7) is 0.343. The van der Waals surface area contributed by atoms with Gasteiger partial charge in [-0.1, -0.05) is 59.6 Å². The molecule has 1 aliphatic rings. The summed E-state index contributed by atoms with van der Waals surface area (Å²) >= 11 is 0. The van der Waals surface area contributed by atoms with Crippen LogP contribution in [-0.4, -0.2) is 29.2 Å². The molecule has 1 aromatic heterocycles. The van der Waals surface area contributed by atoms with Crippen molar-refractivity contribution in [3.8, 4) is 0 Å². The van der Waals surface area contributed by atoms with Crippen LogP contribution in [0.1, 0.15) is 58.6 Å². The average molecular weight is 443 g/mol. The Kier molecular flexibility index (Phi) is 7.48. The number of benzene rings is 2. The van der Waals surface area contributed by atoms with Gasteiger partial charge in [-0.05, 0) is 62.1 Å². The van der Waals surface area contributed by atoms with Gasteiger partial charge in [-0.2, -0.15) is 0 Å². The van der Waals surface area contributed by atoms with E-state index in [2.05, 4.69) is 11.2 Å². The molecule has 0 aliphatic heterocycles. The summed E-state index contributed by atoms with van der Waals surface area (Å²) in [6, 6.07) is 21.0. The number of furan rings is 1. The predicted octanol–water partition coefficient (Wildman–Crippen LogP) is 5.83. The van der Waals surface area contributed by atoms with Gasteiger partial charge >= 0.3 is 5.97 Å². The number of hydrogen-bond acceptors (Lipinski definition) is 5. The van der Waals surface area contributed by atoms with Crippen molar-refractivity contribution >= 4 is 17.7 Å². The quantitative estimate of drug-likeness (QED) is 0.158. The predicted molar refractivity (Wildman–Crippen MR) is 126 cm³/mol. The number of carbonyl (C=O) groups excluding carboxylic acids is 2. The lowest BCUT2D eigenvalue weighted by Gasteiger charge is -2.24. The summed E-state index contributed by atoms with van der Waals surface area (Å²) in [5, 5.41) is 4.13. The standard InChI is InChI=1S/C27H26N2O4/c30-26(22-14-7-3-8-15-22)29(20-21-12-5-1-2-6-13-21)25(24-18-11-19-32-24)28-33-27(31)23-16-9-4-10-17-23/h3-4,7-12,14-19H,1-2,5-6,13,20H2/b28-25+. The highest BCUT2D eigenvalue weighted by molar-refractivity contribution is 6.11. The molecule has 6 heteroatoms. The zero-order chi connectivity index (χ0) is 22.9. The van der Waals surface area contributed by atoms with Gasteiger partial charge in [-0.3, -0.25) is 9.69 Å². The van der Waals surface area contributed by atoms with Crippen LogP contribution in [0.5, 0.6) is 0 Å². The Bertz CT molecular complexity index is 1120. The summed E-state index contributed by atoms with van der Waals surface area (Å²) in [5.41, 5.74) is 2.04. The van der Waals surface area contributed by atoms with E-state index in [0.29, 0.717) is 23.4 Å². The fourth-order valence-electron chi connectivity index (χ4n) is 3.75. The molecular formula is C27H26N2O4. The van der Waals surface area contributed by atoms with Crippen molar-refractivity contribution < 1.29 is 18.8 Å². The molecule has 0 spiro atoms. The molecule has 1 amide bonds. The van der Waals surface area contributed by atoms with E-state index in [1.165, 1.54) is 17.6 Å². The minimum absolute atomic E-state index is 0.156. The summed E-state index contributed by atoms with van der Waals surface area (Å²) in [7, 11) is 0. The number of amidine groups is 1. The number of carbonyl (C=O) groups is 2. The number of hydrogen-bond donors (Lipinski definition) is 0. The molecule has 3 aromatic rings. The molecule has 0 N–H and O–H groups in total. The van der Waals surface area contributed by atoms with Crippen LogP contribution < -0.4 is 0 Å². The minimum atomic E-state index is -0.611. The first-order valence-corrected chi connectivity index (χ1v) is 11.2. The van der Waals surface area contributed by atoms with Crippen molar-refractivity contribution in [3.63, 3.8) is 0 Å². The summed E-state index contributed by atoms with van der Waals surface area (Å²) < 4.78 is 5.58. The molecule has 0 atom stereocenters. The fourth-order valence-corrected chi connectivity index (χ4v) is 3.75. The van der Waals surface area contributed by atoms with Crippen molar-refractivity contribution in [2.75, 3.05) is 6.54 Å². The molecule has 0 bridgehead atoms. The van der Waals surface area contributed by atoms with Gasteiger partial charge in [-0.25, -0.2) is 4.79 Å². The second-order valence-electron chi connectivity index (χ2n) is 7.86. The number of rotatable bonds is 6. The van der Waals surface area contributed by atoms with Crippen LogP contribution in [0.15, 0.2) is 100 Å². The van der Waals surface area contributed by atoms with Gasteiger partial charge in [0.1, 0.15) is 0 Å². The largest absolute Gasteiger partial charge is 0.461 e. The van der Waals surface area contributed by atoms with Gasteiger partial charge in [0, 0.05) is 12.1 Å². The molecule has 0 radical (unpaired) electrons. The van der Waals surface area contributed by atoms with Crippen LogP contribution in [0.3, 0.4) is 0 Å². The van der Waals surface area contributed by atoms with Crippen LogP contribution >= 0.6 is 0 Å². The lowest BCUT2D eigenvalue weighted by molar-refractivity contribution is 0.0505. The summed E-state index contributed by atoms with van der Waals surface area (Å²) in [4.78, 5) is 32.9. The van der Waals surface area contributed by atoms with Crippen LogP contribution in [0.2, 0.25) is 0 Å². The highest BCUT2D eigenvalue weighted by Crippen LogP contribution is 2.21. The zero-order valence-electron chi connectivity index (χ0n) is 18.4. The number of amides is 1. The van der Waals surface area contributed by atoms with Crippen molar-refractivity contribution in [1.82, 2.24) is 4.90 Å². The highest BCUT2D eigenvalue weighted by atomic mass is 16.7. The van der Waals surface area contributed by atoms with E-state index in [0.717, 1.165) is 31.3 Å². The Labute approximate surface area is 193 Å². The molecule has 6 nitrogen and oxygen atoms in total. The first-order valence-electron chi connectivity index (χ1n) is 11.2. The maximum atomic E-state index is 13.6. The van der Waals surface area contributed by atoms with Crippen LogP contribution in [0.4, 0.5) is 0 Å². The Morgan fingerprint density at radius 3 is 2.30 bits per heavy atom. The van der Waals surface area contributed by atoms with Crippen molar-refractivity contribution in [1.29, 1.82) is 0 Å². The first-order chi connectivity index (χ1) is 16.2. The van der Waals surface area contributed by atoms with Gasteiger partial charge in [0.15, 0.2) is 5.76 Å². The Hall–Kier alpha value is -3.93. The van der Waals surface area contributed by atoms with Gasteiger partial charge in [0.05, 0.1) is 11.8 Å². The third-order valence-corrected chi connectivity index (χ3v) is 5.48. The number of oxime groups is 1. The van der Waals surface area contributed by atoms with Gasteiger partial charge in [-0.15, -0.1) is 0 Å². The Morgan fingerprint density at radius 1 is 0.879 bits per heavy atom. The van der Waals surface area contributed by atoms with Crippen molar-refractivity contribution in [3.05, 3.63) is 108 Å². The second-order valence-corrected chi connectivity index (χ2v) is 7.86. The average Bonchev–Trinajstić information content (AvgIpc) is 3.27. The van der Waals surface area contributed by atoms with Crippen LogP contribution in [0, 0.1) is 0 Å². The lowest BCUT2D eigenvalue weighted by Crippen LogP contribution is -2.39. The molecular weight excluding hydrogens is 416 g/mol. The minimum Gasteiger partial charge on any atom is -0.461 e. The topological polar surface area (TPSA) is 72.1 Å². The Balaban J connectivity index is 1.70. The number of allylic oxidation sites excluding steroid dienone is 1. The molecule has 0 fully saturated rings. The monoisotopic (exact) mass is 442 g/mol. The Morgan fingerprint density at radius 2 is 1.61 bits per heavy atom. The van der Waals surface area contributed by atoms with E-state index in [1.54, 1.807) is 48.5 Å². The van der Waals surface area contributed by atoms with Crippen LogP contribution in [-0.2, 0) is 4.84 Å². The normalized spacial score (nSPS) is 14.2. The molecule has 4 rings (SSSR count). The van der Waals surface area contributed by atoms with E-state index in [-0.39, 0.29) is 11.7 Å². The van der Waals surface area contributed by atoms with Crippen molar-refractivity contribution in [2.24, 2.45) is 5.16 Å². The van der Waals surface area contributed by atoms with E-state index in [4.69, 9.17) is 9.25 Å². The molecule has 1 aliphatic carbocycles. The fraction of sp³-hybridized carbons (Fsp3) is 0.222. The molecule has 0 saturated heterocycles. The SMILES string of the molecule is O=C(O/N=C(\c1ccco1)N(CC1=CCCCCC1)C(=O)c1ccccc1)c1ccccc1. The third-order valence-electron chi connectivity index (χ3n) is 5.48.